The Morgan fingerprint density at radius 2 is 1.79 bits per heavy atom. The van der Waals surface area contributed by atoms with Crippen LogP contribution in [0, 0.1) is 12.3 Å². The highest BCUT2D eigenvalue weighted by molar-refractivity contribution is 9.09. The summed E-state index contributed by atoms with van der Waals surface area (Å²) >= 11 is 3.67. The smallest absolute Gasteiger partial charge is 0.129 e. The normalized spacial score (nSPS) is 14.1. The number of halogens is 1. The van der Waals surface area contributed by atoms with Crippen LogP contribution in [0.4, 0.5) is 0 Å². The Hall–Kier alpha value is -0.440. The summed E-state index contributed by atoms with van der Waals surface area (Å²) in [5.74, 6) is 0.910. The van der Waals surface area contributed by atoms with Gasteiger partial charge in [0.1, 0.15) is 5.82 Å². The van der Waals surface area contributed by atoms with Gasteiger partial charge >= 0.3 is 0 Å². The van der Waals surface area contributed by atoms with E-state index in [2.05, 4.69) is 46.7 Å². The van der Waals surface area contributed by atoms with Crippen LogP contribution in [0.15, 0.2) is 12.4 Å². The maximum Gasteiger partial charge on any atom is 0.129 e. The van der Waals surface area contributed by atoms with Crippen molar-refractivity contribution in [2.75, 3.05) is 0 Å². The second-order valence-corrected chi connectivity index (χ2v) is 5.82. The minimum atomic E-state index is 0.244. The highest BCUT2D eigenvalue weighted by Crippen LogP contribution is 2.27. The first kappa shape index (κ1) is 11.6. The maximum atomic E-state index is 4.29. The van der Waals surface area contributed by atoms with Crippen LogP contribution >= 0.6 is 15.9 Å². The van der Waals surface area contributed by atoms with Crippen molar-refractivity contribution in [3.8, 4) is 0 Å². The van der Waals surface area contributed by atoms with Crippen molar-refractivity contribution in [2.45, 2.75) is 38.9 Å². The number of aromatic nitrogens is 2. The second kappa shape index (κ2) is 4.39. The molecule has 0 radical (unpaired) electrons. The van der Waals surface area contributed by atoms with E-state index in [1.165, 1.54) is 0 Å². The number of hydrogen-bond donors (Lipinski definition) is 0. The Morgan fingerprint density at radius 3 is 2.21 bits per heavy atom. The Morgan fingerprint density at radius 1 is 1.29 bits per heavy atom. The molecule has 0 saturated carbocycles. The van der Waals surface area contributed by atoms with Crippen LogP contribution in [0.1, 0.15) is 32.2 Å². The van der Waals surface area contributed by atoms with Crippen molar-refractivity contribution >= 4 is 15.9 Å². The van der Waals surface area contributed by atoms with Crippen molar-refractivity contribution in [2.24, 2.45) is 5.41 Å². The van der Waals surface area contributed by atoms with Gasteiger partial charge in [0.2, 0.25) is 0 Å². The monoisotopic (exact) mass is 256 g/mol. The predicted molar refractivity (Wildman–Crippen MR) is 62.6 cm³/mol. The Balaban J connectivity index is 2.65. The molecule has 0 spiro atoms. The first-order valence-corrected chi connectivity index (χ1v) is 5.73. The van der Waals surface area contributed by atoms with Gasteiger partial charge in [0.05, 0.1) is 0 Å². The van der Waals surface area contributed by atoms with Crippen LogP contribution in [0.5, 0.6) is 0 Å². The predicted octanol–water partition coefficient (Wildman–Crippen LogP) is 3.14. The fourth-order valence-electron chi connectivity index (χ4n) is 0.991. The van der Waals surface area contributed by atoms with E-state index in [4.69, 9.17) is 0 Å². The van der Waals surface area contributed by atoms with Crippen LogP contribution in [-0.2, 0) is 6.42 Å². The third-order valence-electron chi connectivity index (χ3n) is 2.14. The molecule has 0 aliphatic heterocycles. The summed E-state index contributed by atoms with van der Waals surface area (Å²) in [5.41, 5.74) is 1.35. The third-order valence-corrected chi connectivity index (χ3v) is 3.83. The summed E-state index contributed by atoms with van der Waals surface area (Å²) in [6.45, 7) is 8.63. The SMILES string of the molecule is Cc1cnc(CC(Br)C(C)(C)C)nc1. The average molecular weight is 257 g/mol. The van der Waals surface area contributed by atoms with E-state index in [-0.39, 0.29) is 5.41 Å². The summed E-state index contributed by atoms with van der Waals surface area (Å²) < 4.78 is 0. The van der Waals surface area contributed by atoms with Gasteiger partial charge in [-0.05, 0) is 17.9 Å². The van der Waals surface area contributed by atoms with Crippen LogP contribution < -0.4 is 0 Å². The van der Waals surface area contributed by atoms with Crippen LogP contribution in [-0.4, -0.2) is 14.8 Å². The number of nitrogens with zero attached hydrogens (tertiary/aromatic N) is 2. The number of hydrogen-bond acceptors (Lipinski definition) is 2. The zero-order chi connectivity index (χ0) is 10.8. The van der Waals surface area contributed by atoms with Crippen molar-refractivity contribution in [3.05, 3.63) is 23.8 Å². The van der Waals surface area contributed by atoms with Crippen LogP contribution in [0.2, 0.25) is 0 Å². The number of rotatable bonds is 2. The molecule has 0 aliphatic rings. The summed E-state index contributed by atoms with van der Waals surface area (Å²) in [5, 5.41) is 0. The van der Waals surface area contributed by atoms with Gasteiger partial charge in [-0.1, -0.05) is 36.7 Å². The van der Waals surface area contributed by atoms with E-state index in [0.29, 0.717) is 4.83 Å². The largest absolute Gasteiger partial charge is 0.241 e. The second-order valence-electron chi connectivity index (χ2n) is 4.71. The Bertz CT molecular complexity index is 287. The van der Waals surface area contributed by atoms with Crippen LogP contribution in [0.25, 0.3) is 0 Å². The quantitative estimate of drug-likeness (QED) is 0.760. The molecule has 0 bridgehead atoms. The van der Waals surface area contributed by atoms with Gasteiger partial charge in [0.25, 0.3) is 0 Å². The molecule has 1 aromatic heterocycles. The van der Waals surface area contributed by atoms with E-state index in [9.17, 15) is 0 Å². The Kier molecular flexibility index (Phi) is 3.65. The van der Waals surface area contributed by atoms with E-state index in [0.717, 1.165) is 17.8 Å². The average Bonchev–Trinajstić information content (AvgIpc) is 2.07. The van der Waals surface area contributed by atoms with E-state index < -0.39 is 0 Å². The van der Waals surface area contributed by atoms with Crippen molar-refractivity contribution in [3.63, 3.8) is 0 Å². The molecule has 0 aromatic carbocycles. The first-order chi connectivity index (χ1) is 6.39. The van der Waals surface area contributed by atoms with E-state index >= 15 is 0 Å². The molecule has 1 aromatic rings. The molecule has 0 fully saturated rings. The van der Waals surface area contributed by atoms with Gasteiger partial charge < -0.3 is 0 Å². The molecule has 1 atom stereocenters. The van der Waals surface area contributed by atoms with Gasteiger partial charge in [0.15, 0.2) is 0 Å². The van der Waals surface area contributed by atoms with Gasteiger partial charge in [-0.15, -0.1) is 0 Å². The molecule has 0 saturated heterocycles. The molecule has 1 heterocycles. The molecule has 14 heavy (non-hydrogen) atoms. The molecule has 0 aliphatic carbocycles. The molecule has 3 heteroatoms. The highest BCUT2D eigenvalue weighted by atomic mass is 79.9. The summed E-state index contributed by atoms with van der Waals surface area (Å²) in [6.07, 6.45) is 4.61. The Labute approximate surface area is 94.3 Å². The minimum absolute atomic E-state index is 0.244. The molecule has 0 N–H and O–H groups in total. The molecule has 1 unspecified atom stereocenters. The lowest BCUT2D eigenvalue weighted by molar-refractivity contribution is 0.394. The zero-order valence-electron chi connectivity index (χ0n) is 9.21. The maximum absolute atomic E-state index is 4.29. The summed E-state index contributed by atoms with van der Waals surface area (Å²) in [7, 11) is 0. The van der Waals surface area contributed by atoms with Crippen molar-refractivity contribution in [1.82, 2.24) is 9.97 Å². The molecule has 0 amide bonds. The zero-order valence-corrected chi connectivity index (χ0v) is 10.8. The fourth-order valence-corrected chi connectivity index (χ4v) is 1.28. The lowest BCUT2D eigenvalue weighted by Crippen LogP contribution is -2.23. The number of aryl methyl sites for hydroxylation is 1. The van der Waals surface area contributed by atoms with E-state index in [1.807, 2.05) is 19.3 Å². The summed E-state index contributed by atoms with van der Waals surface area (Å²) in [4.78, 5) is 9.00. The molecule has 2 nitrogen and oxygen atoms in total. The standard InChI is InChI=1S/C11H17BrN2/c1-8-6-13-10(14-7-8)5-9(12)11(2,3)4/h6-7,9H,5H2,1-4H3. The van der Waals surface area contributed by atoms with Gasteiger partial charge in [-0.25, -0.2) is 9.97 Å². The lowest BCUT2D eigenvalue weighted by Gasteiger charge is -2.24. The van der Waals surface area contributed by atoms with Gasteiger partial charge in [-0.3, -0.25) is 0 Å². The van der Waals surface area contributed by atoms with E-state index in [1.54, 1.807) is 0 Å². The molecule has 1 rings (SSSR count). The van der Waals surface area contributed by atoms with Gasteiger partial charge in [0, 0.05) is 23.6 Å². The van der Waals surface area contributed by atoms with Gasteiger partial charge in [-0.2, -0.15) is 0 Å². The lowest BCUT2D eigenvalue weighted by atomic mass is 9.90. The summed E-state index contributed by atoms with van der Waals surface area (Å²) in [6, 6.07) is 0. The van der Waals surface area contributed by atoms with Crippen molar-refractivity contribution < 1.29 is 0 Å². The minimum Gasteiger partial charge on any atom is -0.241 e. The first-order valence-electron chi connectivity index (χ1n) is 4.81. The molecule has 78 valence electrons. The fraction of sp³-hybridized carbons (Fsp3) is 0.636. The highest BCUT2D eigenvalue weighted by Gasteiger charge is 2.22. The topological polar surface area (TPSA) is 25.8 Å². The third kappa shape index (κ3) is 3.37. The van der Waals surface area contributed by atoms with Crippen molar-refractivity contribution in [1.29, 1.82) is 0 Å². The number of alkyl halides is 1. The van der Waals surface area contributed by atoms with Crippen LogP contribution in [0.3, 0.4) is 0 Å². The molecular formula is C11H17BrN2. The molecular weight excluding hydrogens is 240 g/mol.